The molecule has 0 saturated carbocycles. The Morgan fingerprint density at radius 2 is 1.96 bits per heavy atom. The van der Waals surface area contributed by atoms with Crippen LogP contribution in [0.4, 0.5) is 8.78 Å². The summed E-state index contributed by atoms with van der Waals surface area (Å²) in [6, 6.07) is 10.9. The molecule has 0 aliphatic carbocycles. The van der Waals surface area contributed by atoms with Crippen LogP contribution in [0.2, 0.25) is 0 Å². The van der Waals surface area contributed by atoms with Crippen molar-refractivity contribution in [3.8, 4) is 0 Å². The van der Waals surface area contributed by atoms with Crippen LogP contribution in [0.25, 0.3) is 10.1 Å². The summed E-state index contributed by atoms with van der Waals surface area (Å²) in [5.41, 5.74) is 1.31. The summed E-state index contributed by atoms with van der Waals surface area (Å²) in [5.74, 6) is -0.986. The van der Waals surface area contributed by atoms with Gasteiger partial charge in [0.05, 0.1) is 17.5 Å². The van der Waals surface area contributed by atoms with E-state index in [0.29, 0.717) is 27.1 Å². The number of halogens is 2. The summed E-state index contributed by atoms with van der Waals surface area (Å²) < 4.78 is 33.8. The molecule has 0 fully saturated rings. The maximum absolute atomic E-state index is 14.3. The Labute approximate surface area is 166 Å². The molecule has 1 atom stereocenters. The van der Waals surface area contributed by atoms with E-state index in [1.807, 2.05) is 25.1 Å². The number of fused-ring (bicyclic) bond motifs is 1. The Balaban J connectivity index is 1.86. The number of likely N-dealkylation sites (N-methyl/N-ethyl adjacent to an activating group) is 1. The van der Waals surface area contributed by atoms with Gasteiger partial charge in [0.15, 0.2) is 0 Å². The number of thiophene rings is 1. The number of nitrogens with one attached hydrogen (secondary N) is 1. The quantitative estimate of drug-likeness (QED) is 0.636. The molecule has 28 heavy (non-hydrogen) atoms. The van der Waals surface area contributed by atoms with Crippen LogP contribution >= 0.6 is 11.3 Å². The third-order valence-corrected chi connectivity index (χ3v) is 5.77. The molecule has 1 aromatic heterocycles. The van der Waals surface area contributed by atoms with Gasteiger partial charge in [-0.25, -0.2) is 8.78 Å². The summed E-state index contributed by atoms with van der Waals surface area (Å²) in [6.45, 7) is 0.434. The second-order valence-electron chi connectivity index (χ2n) is 6.70. The van der Waals surface area contributed by atoms with Gasteiger partial charge in [-0.2, -0.15) is 0 Å². The van der Waals surface area contributed by atoms with Crippen LogP contribution in [0.3, 0.4) is 0 Å². The van der Waals surface area contributed by atoms with Gasteiger partial charge in [0.1, 0.15) is 11.6 Å². The molecule has 3 aromatic rings. The number of benzene rings is 2. The summed E-state index contributed by atoms with van der Waals surface area (Å²) in [4.78, 5) is 15.2. The van der Waals surface area contributed by atoms with E-state index in [9.17, 15) is 13.6 Å². The molecule has 0 spiro atoms. The highest BCUT2D eigenvalue weighted by Gasteiger charge is 2.22. The maximum Gasteiger partial charge on any atom is 0.261 e. The Kier molecular flexibility index (Phi) is 6.39. The first-order valence-electron chi connectivity index (χ1n) is 8.81. The smallest absolute Gasteiger partial charge is 0.261 e. The van der Waals surface area contributed by atoms with Gasteiger partial charge >= 0.3 is 0 Å². The Morgan fingerprint density at radius 1 is 1.21 bits per heavy atom. The predicted molar refractivity (Wildman–Crippen MR) is 108 cm³/mol. The van der Waals surface area contributed by atoms with Crippen LogP contribution in [0, 0.1) is 11.6 Å². The van der Waals surface area contributed by atoms with Crippen molar-refractivity contribution in [2.45, 2.75) is 12.6 Å². The van der Waals surface area contributed by atoms with E-state index < -0.39 is 0 Å². The number of methoxy groups -OCH3 is 1. The molecule has 0 radical (unpaired) electrons. The first-order chi connectivity index (χ1) is 13.4. The molecule has 0 saturated heterocycles. The highest BCUT2D eigenvalue weighted by Crippen LogP contribution is 2.34. The second kappa shape index (κ2) is 8.77. The summed E-state index contributed by atoms with van der Waals surface area (Å²) in [5, 5.41) is 3.33. The van der Waals surface area contributed by atoms with Crippen LogP contribution in [-0.4, -0.2) is 38.6 Å². The Bertz CT molecular complexity index is 988. The molecule has 1 amide bonds. The van der Waals surface area contributed by atoms with Gasteiger partial charge in [-0.3, -0.25) is 4.79 Å². The van der Waals surface area contributed by atoms with E-state index >= 15 is 0 Å². The first kappa shape index (κ1) is 20.4. The van der Waals surface area contributed by atoms with Crippen molar-refractivity contribution in [2.24, 2.45) is 0 Å². The lowest BCUT2D eigenvalue weighted by atomic mass is 10.1. The Morgan fingerprint density at radius 3 is 2.64 bits per heavy atom. The van der Waals surface area contributed by atoms with E-state index in [1.54, 1.807) is 18.2 Å². The van der Waals surface area contributed by atoms with Crippen molar-refractivity contribution in [1.82, 2.24) is 10.2 Å². The number of hydrogen-bond donors (Lipinski definition) is 1. The molecule has 0 bridgehead atoms. The number of carbonyl (C=O) groups is 1. The third-order valence-electron chi connectivity index (χ3n) is 4.57. The molecule has 2 aromatic carbocycles. The van der Waals surface area contributed by atoms with E-state index in [1.165, 1.54) is 36.6 Å². The number of nitrogens with zero attached hydrogens (tertiary/aromatic N) is 1. The second-order valence-corrected chi connectivity index (χ2v) is 7.75. The predicted octanol–water partition coefficient (Wildman–Crippen LogP) is 4.36. The van der Waals surface area contributed by atoms with Gasteiger partial charge in [-0.15, -0.1) is 11.3 Å². The average molecular weight is 404 g/mol. The SMILES string of the molecule is COCc1c(C(=O)NCC(c2cccc(F)c2)N(C)C)sc2cccc(F)c12. The minimum absolute atomic E-state index is 0.144. The lowest BCUT2D eigenvalue weighted by molar-refractivity contribution is 0.0942. The lowest BCUT2D eigenvalue weighted by Gasteiger charge is -2.25. The number of hydrogen-bond acceptors (Lipinski definition) is 4. The van der Waals surface area contributed by atoms with E-state index in [0.717, 1.165) is 5.56 Å². The summed E-state index contributed by atoms with van der Waals surface area (Å²) in [6.07, 6.45) is 0. The third kappa shape index (κ3) is 4.22. The van der Waals surface area contributed by atoms with Crippen molar-refractivity contribution in [1.29, 1.82) is 0 Å². The number of carbonyl (C=O) groups excluding carboxylic acids is 1. The van der Waals surface area contributed by atoms with Gasteiger partial charge < -0.3 is 15.0 Å². The minimum Gasteiger partial charge on any atom is -0.380 e. The monoisotopic (exact) mass is 404 g/mol. The minimum atomic E-state index is -0.370. The van der Waals surface area contributed by atoms with Crippen LogP contribution in [0.1, 0.15) is 26.8 Å². The van der Waals surface area contributed by atoms with Crippen LogP contribution in [0.5, 0.6) is 0 Å². The molecule has 1 N–H and O–H groups in total. The van der Waals surface area contributed by atoms with Crippen LogP contribution in [-0.2, 0) is 11.3 Å². The zero-order valence-electron chi connectivity index (χ0n) is 16.0. The Hall–Kier alpha value is -2.35. The van der Waals surface area contributed by atoms with Crippen molar-refractivity contribution in [3.63, 3.8) is 0 Å². The highest BCUT2D eigenvalue weighted by atomic mass is 32.1. The topological polar surface area (TPSA) is 41.6 Å². The summed E-state index contributed by atoms with van der Waals surface area (Å²) in [7, 11) is 5.25. The standard InChI is InChI=1S/C21H22F2N2O2S/c1-25(2)17(13-6-4-7-14(22)10-13)11-24-21(26)20-15(12-27-3)19-16(23)8-5-9-18(19)28-20/h4-10,17H,11-12H2,1-3H3,(H,24,26). The van der Waals surface area contributed by atoms with Crippen molar-refractivity contribution in [2.75, 3.05) is 27.7 Å². The zero-order valence-corrected chi connectivity index (χ0v) is 16.8. The fraction of sp³-hybridized carbons (Fsp3) is 0.286. The van der Waals surface area contributed by atoms with Crippen molar-refractivity contribution >= 4 is 27.3 Å². The maximum atomic E-state index is 14.3. The van der Waals surface area contributed by atoms with Gasteiger partial charge in [-0.1, -0.05) is 18.2 Å². The van der Waals surface area contributed by atoms with Crippen molar-refractivity contribution in [3.05, 3.63) is 70.1 Å². The summed E-state index contributed by atoms with van der Waals surface area (Å²) >= 11 is 1.24. The molecular weight excluding hydrogens is 382 g/mol. The molecule has 148 valence electrons. The zero-order chi connectivity index (χ0) is 20.3. The van der Waals surface area contributed by atoms with Crippen LogP contribution < -0.4 is 5.32 Å². The molecule has 0 aliphatic heterocycles. The van der Waals surface area contributed by atoms with Crippen molar-refractivity contribution < 1.29 is 18.3 Å². The fourth-order valence-electron chi connectivity index (χ4n) is 3.21. The largest absolute Gasteiger partial charge is 0.380 e. The van der Waals surface area contributed by atoms with Crippen LogP contribution in [0.15, 0.2) is 42.5 Å². The average Bonchev–Trinajstić information content (AvgIpc) is 3.02. The number of ether oxygens (including phenoxy) is 1. The number of rotatable bonds is 7. The molecule has 7 heteroatoms. The highest BCUT2D eigenvalue weighted by molar-refractivity contribution is 7.21. The number of amides is 1. The molecular formula is C21H22F2N2O2S. The fourth-order valence-corrected chi connectivity index (χ4v) is 4.35. The van der Waals surface area contributed by atoms with E-state index in [-0.39, 0.29) is 30.2 Å². The molecule has 1 unspecified atom stereocenters. The lowest BCUT2D eigenvalue weighted by Crippen LogP contribution is -2.34. The van der Waals surface area contributed by atoms with Gasteiger partial charge in [0.2, 0.25) is 0 Å². The molecule has 1 heterocycles. The normalized spacial score (nSPS) is 12.5. The van der Waals surface area contributed by atoms with E-state index in [2.05, 4.69) is 5.32 Å². The van der Waals surface area contributed by atoms with E-state index in [4.69, 9.17) is 4.74 Å². The molecule has 4 nitrogen and oxygen atoms in total. The van der Waals surface area contributed by atoms with Gasteiger partial charge in [0.25, 0.3) is 5.91 Å². The molecule has 3 rings (SSSR count). The van der Waals surface area contributed by atoms with Gasteiger partial charge in [-0.05, 0) is 43.9 Å². The molecule has 0 aliphatic rings. The van der Waals surface area contributed by atoms with Gasteiger partial charge in [0, 0.05) is 29.3 Å². The first-order valence-corrected chi connectivity index (χ1v) is 9.63.